The largest absolute Gasteiger partial charge is 0.507 e. The number of carbonyl (C=O) groups is 1. The molecule has 0 radical (unpaired) electrons. The molecule has 1 aromatic carbocycles. The lowest BCUT2D eigenvalue weighted by atomic mass is 10.1. The van der Waals surface area contributed by atoms with Crippen LogP contribution in [0.4, 0.5) is 4.39 Å². The summed E-state index contributed by atoms with van der Waals surface area (Å²) >= 11 is 0. The van der Waals surface area contributed by atoms with Crippen molar-refractivity contribution in [1.82, 2.24) is 0 Å². The standard InChI is InChI=1S/C8H7FO3/c1-4-2-3-5(10)6(7(4)9)8(11)12/h2-3,10H,1H3,(H,11,12). The van der Waals surface area contributed by atoms with Gasteiger partial charge >= 0.3 is 5.97 Å². The average Bonchev–Trinajstić information content (AvgIpc) is 1.97. The quantitative estimate of drug-likeness (QED) is 0.672. The second-order valence-corrected chi connectivity index (χ2v) is 2.40. The van der Waals surface area contributed by atoms with Gasteiger partial charge in [-0.1, -0.05) is 6.07 Å². The van der Waals surface area contributed by atoms with Crippen LogP contribution in [0.15, 0.2) is 12.1 Å². The number of aryl methyl sites for hydroxylation is 1. The molecular formula is C8H7FO3. The molecule has 0 spiro atoms. The first-order valence-electron chi connectivity index (χ1n) is 3.25. The Kier molecular flexibility index (Phi) is 1.99. The van der Waals surface area contributed by atoms with Crippen molar-refractivity contribution in [3.63, 3.8) is 0 Å². The van der Waals surface area contributed by atoms with Gasteiger partial charge in [-0.3, -0.25) is 0 Å². The van der Waals surface area contributed by atoms with E-state index in [9.17, 15) is 9.18 Å². The first kappa shape index (κ1) is 8.52. The van der Waals surface area contributed by atoms with Crippen LogP contribution < -0.4 is 0 Å². The van der Waals surface area contributed by atoms with Crippen LogP contribution >= 0.6 is 0 Å². The Morgan fingerprint density at radius 3 is 2.50 bits per heavy atom. The summed E-state index contributed by atoms with van der Waals surface area (Å²) in [6.45, 7) is 1.43. The van der Waals surface area contributed by atoms with E-state index in [0.717, 1.165) is 6.07 Å². The summed E-state index contributed by atoms with van der Waals surface area (Å²) in [5.41, 5.74) is -0.472. The molecule has 1 rings (SSSR count). The van der Waals surface area contributed by atoms with Crippen molar-refractivity contribution in [3.8, 4) is 5.75 Å². The second-order valence-electron chi connectivity index (χ2n) is 2.40. The molecule has 2 N–H and O–H groups in total. The number of phenols is 1. The van der Waals surface area contributed by atoms with E-state index in [2.05, 4.69) is 0 Å². The smallest absolute Gasteiger partial charge is 0.342 e. The molecule has 0 aliphatic rings. The Balaban J connectivity index is 3.43. The van der Waals surface area contributed by atoms with Crippen molar-refractivity contribution < 1.29 is 19.4 Å². The predicted molar refractivity (Wildman–Crippen MR) is 39.8 cm³/mol. The van der Waals surface area contributed by atoms with Crippen LogP contribution in [-0.4, -0.2) is 16.2 Å². The summed E-state index contributed by atoms with van der Waals surface area (Å²) in [7, 11) is 0. The third kappa shape index (κ3) is 1.23. The lowest BCUT2D eigenvalue weighted by molar-refractivity contribution is 0.0688. The Hall–Kier alpha value is -1.58. The number of rotatable bonds is 1. The van der Waals surface area contributed by atoms with Crippen LogP contribution in [0.2, 0.25) is 0 Å². The van der Waals surface area contributed by atoms with Crippen LogP contribution in [0.3, 0.4) is 0 Å². The predicted octanol–water partition coefficient (Wildman–Crippen LogP) is 1.54. The molecule has 3 nitrogen and oxygen atoms in total. The Labute approximate surface area is 68.1 Å². The number of aromatic hydroxyl groups is 1. The lowest BCUT2D eigenvalue weighted by Crippen LogP contribution is -2.02. The van der Waals surface area contributed by atoms with Crippen LogP contribution in [0.5, 0.6) is 5.75 Å². The highest BCUT2D eigenvalue weighted by molar-refractivity contribution is 5.91. The maximum absolute atomic E-state index is 13.0. The van der Waals surface area contributed by atoms with Crippen molar-refractivity contribution in [1.29, 1.82) is 0 Å². The molecule has 0 amide bonds. The summed E-state index contributed by atoms with van der Waals surface area (Å²) in [6, 6.07) is 2.47. The van der Waals surface area contributed by atoms with E-state index in [4.69, 9.17) is 10.2 Å². The molecule has 0 unspecified atom stereocenters. The zero-order valence-corrected chi connectivity index (χ0v) is 6.34. The van der Waals surface area contributed by atoms with E-state index in [0.29, 0.717) is 0 Å². The normalized spacial score (nSPS) is 9.83. The zero-order chi connectivity index (χ0) is 9.30. The highest BCUT2D eigenvalue weighted by atomic mass is 19.1. The maximum Gasteiger partial charge on any atom is 0.342 e. The van der Waals surface area contributed by atoms with Gasteiger partial charge in [0.25, 0.3) is 0 Å². The van der Waals surface area contributed by atoms with Gasteiger partial charge in [0.1, 0.15) is 17.1 Å². The number of aromatic carboxylic acids is 1. The molecule has 0 fully saturated rings. The van der Waals surface area contributed by atoms with Gasteiger partial charge in [0.2, 0.25) is 0 Å². The molecule has 0 aliphatic carbocycles. The van der Waals surface area contributed by atoms with Crippen molar-refractivity contribution in [2.75, 3.05) is 0 Å². The van der Waals surface area contributed by atoms with Gasteiger partial charge < -0.3 is 10.2 Å². The average molecular weight is 170 g/mol. The summed E-state index contributed by atoms with van der Waals surface area (Å²) in [4.78, 5) is 10.4. The fraction of sp³-hybridized carbons (Fsp3) is 0.125. The lowest BCUT2D eigenvalue weighted by Gasteiger charge is -2.02. The Morgan fingerprint density at radius 1 is 1.50 bits per heavy atom. The molecular weight excluding hydrogens is 163 g/mol. The van der Waals surface area contributed by atoms with Gasteiger partial charge in [-0.25, -0.2) is 9.18 Å². The van der Waals surface area contributed by atoms with Crippen LogP contribution in [-0.2, 0) is 0 Å². The first-order chi connectivity index (χ1) is 5.54. The van der Waals surface area contributed by atoms with Gasteiger partial charge in [0.15, 0.2) is 0 Å². The van der Waals surface area contributed by atoms with Gasteiger partial charge in [-0.05, 0) is 18.6 Å². The van der Waals surface area contributed by atoms with E-state index in [1.807, 2.05) is 0 Å². The maximum atomic E-state index is 13.0. The van der Waals surface area contributed by atoms with Crippen LogP contribution in [0.1, 0.15) is 15.9 Å². The number of hydrogen-bond acceptors (Lipinski definition) is 2. The fourth-order valence-electron chi connectivity index (χ4n) is 0.873. The molecule has 4 heteroatoms. The fourth-order valence-corrected chi connectivity index (χ4v) is 0.873. The van der Waals surface area contributed by atoms with E-state index in [1.54, 1.807) is 0 Å². The van der Waals surface area contributed by atoms with Crippen molar-refractivity contribution in [2.24, 2.45) is 0 Å². The topological polar surface area (TPSA) is 57.5 Å². The molecule has 0 heterocycles. The monoisotopic (exact) mass is 170 g/mol. The number of halogens is 1. The van der Waals surface area contributed by atoms with Gasteiger partial charge in [-0.15, -0.1) is 0 Å². The number of carboxylic acid groups (broad SMARTS) is 1. The summed E-state index contributed by atoms with van der Waals surface area (Å²) < 4.78 is 13.0. The van der Waals surface area contributed by atoms with Gasteiger partial charge in [-0.2, -0.15) is 0 Å². The molecule has 0 saturated carbocycles. The van der Waals surface area contributed by atoms with Crippen molar-refractivity contribution in [3.05, 3.63) is 29.1 Å². The van der Waals surface area contributed by atoms with E-state index in [1.165, 1.54) is 13.0 Å². The minimum absolute atomic E-state index is 0.199. The highest BCUT2D eigenvalue weighted by Gasteiger charge is 2.16. The second kappa shape index (κ2) is 2.81. The van der Waals surface area contributed by atoms with Gasteiger partial charge in [0, 0.05) is 0 Å². The number of hydrogen-bond donors (Lipinski definition) is 2. The van der Waals surface area contributed by atoms with E-state index >= 15 is 0 Å². The molecule has 0 aliphatic heterocycles. The highest BCUT2D eigenvalue weighted by Crippen LogP contribution is 2.22. The molecule has 1 aromatic rings. The SMILES string of the molecule is Cc1ccc(O)c(C(=O)O)c1F. The summed E-state index contributed by atoms with van der Waals surface area (Å²) in [5, 5.41) is 17.4. The van der Waals surface area contributed by atoms with Crippen LogP contribution in [0, 0.1) is 12.7 Å². The minimum atomic E-state index is -1.46. The number of benzene rings is 1. The molecule has 64 valence electrons. The van der Waals surface area contributed by atoms with E-state index < -0.39 is 23.1 Å². The minimum Gasteiger partial charge on any atom is -0.507 e. The Morgan fingerprint density at radius 2 is 2.08 bits per heavy atom. The molecule has 12 heavy (non-hydrogen) atoms. The molecule has 0 aromatic heterocycles. The molecule has 0 atom stereocenters. The number of carboxylic acids is 1. The van der Waals surface area contributed by atoms with Gasteiger partial charge in [0.05, 0.1) is 0 Å². The van der Waals surface area contributed by atoms with Crippen molar-refractivity contribution >= 4 is 5.97 Å². The van der Waals surface area contributed by atoms with Crippen LogP contribution in [0.25, 0.3) is 0 Å². The molecule has 0 saturated heterocycles. The summed E-state index contributed by atoms with van der Waals surface area (Å²) in [6.07, 6.45) is 0. The molecule has 0 bridgehead atoms. The van der Waals surface area contributed by atoms with E-state index in [-0.39, 0.29) is 5.56 Å². The third-order valence-electron chi connectivity index (χ3n) is 1.53. The third-order valence-corrected chi connectivity index (χ3v) is 1.53. The Bertz CT molecular complexity index is 333. The van der Waals surface area contributed by atoms with Crippen molar-refractivity contribution in [2.45, 2.75) is 6.92 Å². The summed E-state index contributed by atoms with van der Waals surface area (Å²) in [5.74, 6) is -2.90. The zero-order valence-electron chi connectivity index (χ0n) is 6.34. The first-order valence-corrected chi connectivity index (χ1v) is 3.25.